The van der Waals surface area contributed by atoms with Crippen LogP contribution in [0.2, 0.25) is 0 Å². The van der Waals surface area contributed by atoms with E-state index in [1.54, 1.807) is 22.7 Å². The number of rotatable bonds is 22. The van der Waals surface area contributed by atoms with Gasteiger partial charge in [0.05, 0.1) is 0 Å². The first kappa shape index (κ1) is 79.0. The van der Waals surface area contributed by atoms with Gasteiger partial charge in [-0.25, -0.2) is 0 Å². The number of carbonyl (C=O) groups is 8. The molecule has 12 nitrogen and oxygen atoms in total. The van der Waals surface area contributed by atoms with Crippen LogP contribution in [-0.2, 0) is 0 Å². The minimum Gasteiger partial charge on any atom is -0.274 e. The van der Waals surface area contributed by atoms with Crippen molar-refractivity contribution in [3.63, 3.8) is 0 Å². The first-order valence-electron chi connectivity index (χ1n) is 42.6. The van der Waals surface area contributed by atoms with E-state index in [4.69, 9.17) is 0 Å². The molecule has 0 bridgehead atoms. The Kier molecular flexibility index (Phi) is 20.2. The summed E-state index contributed by atoms with van der Waals surface area (Å²) in [5, 5.41) is 17.7. The van der Waals surface area contributed by atoms with Gasteiger partial charge in [-0.1, -0.05) is 90.5 Å². The molecule has 0 fully saturated rings. The predicted octanol–water partition coefficient (Wildman–Crippen LogP) is 26.1. The number of thiophene rings is 2. The zero-order chi connectivity index (χ0) is 83.4. The summed E-state index contributed by atoms with van der Waals surface area (Å²) < 4.78 is 2.25. The zero-order valence-electron chi connectivity index (χ0n) is 69.5. The minimum atomic E-state index is -0.329. The van der Waals surface area contributed by atoms with Crippen LogP contribution < -0.4 is 9.80 Å². The Balaban J connectivity index is 0.000000160. The van der Waals surface area contributed by atoms with Crippen LogP contribution >= 0.6 is 22.7 Å². The molecule has 8 heterocycles. The molecule has 0 saturated heterocycles. The van der Waals surface area contributed by atoms with E-state index in [0.29, 0.717) is 90.5 Å². The molecule has 2 unspecified atom stereocenters. The van der Waals surface area contributed by atoms with Gasteiger partial charge in [0.25, 0.3) is 23.6 Å². The Morgan fingerprint density at radius 1 is 0.300 bits per heavy atom. The van der Waals surface area contributed by atoms with Crippen molar-refractivity contribution in [3.8, 4) is 40.9 Å². The second-order valence-electron chi connectivity index (χ2n) is 34.3. The molecule has 8 amide bonds. The molecule has 4 aliphatic heterocycles. The summed E-state index contributed by atoms with van der Waals surface area (Å²) in [5.74, 6) is -1.50. The Labute approximate surface area is 717 Å². The molecule has 0 spiro atoms. The molecule has 0 N–H and O–H groups in total. The van der Waals surface area contributed by atoms with Gasteiger partial charge in [0.2, 0.25) is 0 Å². The molecule has 0 radical (unpaired) electrons. The summed E-state index contributed by atoms with van der Waals surface area (Å²) >= 11 is 3.21. The average Bonchev–Trinajstić information content (AvgIpc) is 0.803. The van der Waals surface area contributed by atoms with Gasteiger partial charge >= 0.3 is 387 Å². The first-order chi connectivity index (χ1) is 58.1. The van der Waals surface area contributed by atoms with Crippen molar-refractivity contribution in [1.82, 2.24) is 9.80 Å². The van der Waals surface area contributed by atoms with Gasteiger partial charge in [-0.15, -0.1) is 22.7 Å². The number of nitrogens with zero attached hydrogens (tertiary/aromatic N) is 4. The average molecular weight is 1750 g/mol. The van der Waals surface area contributed by atoms with Crippen molar-refractivity contribution in [2.75, 3.05) is 22.9 Å². The fourth-order valence-electron chi connectivity index (χ4n) is 20.2. The van der Waals surface area contributed by atoms with Gasteiger partial charge in [-0.2, -0.15) is 0 Å². The Morgan fingerprint density at radius 3 is 0.892 bits per heavy atom. The van der Waals surface area contributed by atoms with Gasteiger partial charge in [-0.05, 0) is 104 Å². The van der Waals surface area contributed by atoms with E-state index in [1.165, 1.54) is 19.6 Å². The summed E-state index contributed by atoms with van der Waals surface area (Å²) in [6.45, 7) is 26.3. The molecular weight excluding hydrogens is 1660 g/mol. The van der Waals surface area contributed by atoms with Crippen molar-refractivity contribution >= 4 is 196 Å². The van der Waals surface area contributed by atoms with Crippen molar-refractivity contribution in [2.24, 2.45) is 11.8 Å². The number of benzene rings is 12. The second-order valence-corrected chi connectivity index (χ2v) is 40.2. The van der Waals surface area contributed by atoms with Crippen LogP contribution in [0.1, 0.15) is 263 Å². The first-order valence-corrected chi connectivity index (χ1v) is 48.0. The van der Waals surface area contributed by atoms with Gasteiger partial charge in [-0.3, -0.25) is 29.0 Å². The summed E-state index contributed by atoms with van der Waals surface area (Å²) in [4.78, 5) is 132. The third kappa shape index (κ3) is 12.0. The number of carbonyl (C=O) groups excluding carboxylic acids is 8. The standard InChI is InChI=1S/C56H46N2O4Se2.C48H46N2O4S2/c1-27(2)31-13-9-14-32(28(3)4)51(31)57-53(59)37-21-19-35-46-40(44-18-12-24-64-44)26-42-48-38(54(60)58(56(42)62)52-33(29(5)6)15-10-16-34(52)30(7)8)22-20-36(50(46)48)45-39(43-17-11-23-63-43)25-41(55(57)61)47(37)49(35)45;1-5-9-13-27(7-3)25-49-45(51)31-19-17-29-40-34(38-16-12-22-56-38)24-36-42-32(46(52)50(48(36)54)26-28(8-4)14-10-6-2)20-18-30(44(40)42)39-33(37-15-11-21-55-37)23-35(47(49)53)41(31)43(29)39/h9-30H,1-8H3;11-12,15-24,27-28H,5-10,13-14,25-26H2,1-4H3. The SMILES string of the molecule is CC(C)c1cccc(C(C)C)c1N1C(=O)c2ccc3c4c(-c5ccc[se]5)cc5c6c(ccc(c7c(-c8ccc[se]8)cc(c2c37)C1=O)c64)C(=O)N(c1c(C(C)C)cccc1C(C)C)C5=O.CCCCC(CC)CN1C(=O)c2ccc3c4c(-c5cccs5)cc5c6c(ccc(c7c(-c8cccs8)cc(c2c37)C1=O)c64)C(=O)N(CC(CC)CCCC)C5=O. The number of anilines is 2. The summed E-state index contributed by atoms with van der Waals surface area (Å²) in [5.41, 5.74) is 13.1. The minimum absolute atomic E-state index is 0.0120. The molecule has 0 saturated carbocycles. The molecule has 600 valence electrons. The molecule has 4 aliphatic rings. The fourth-order valence-corrected chi connectivity index (χ4v) is 24.8. The largest absolute Gasteiger partial charge is 0.274 e. The van der Waals surface area contributed by atoms with Gasteiger partial charge in [0.15, 0.2) is 0 Å². The van der Waals surface area contributed by atoms with Crippen molar-refractivity contribution in [2.45, 2.75) is 158 Å². The molecule has 120 heavy (non-hydrogen) atoms. The Bertz CT molecular complexity index is 6540. The maximum absolute atomic E-state index is 15.4. The van der Waals surface area contributed by atoms with Crippen LogP contribution in [0, 0.1) is 11.8 Å². The van der Waals surface area contributed by atoms with Gasteiger partial charge < -0.3 is 0 Å². The third-order valence-corrected chi connectivity index (χ3v) is 31.7. The molecule has 16 heteroatoms. The van der Waals surface area contributed by atoms with Gasteiger partial charge in [0, 0.05) is 67.0 Å². The molecule has 2 atom stereocenters. The molecule has 12 aromatic carbocycles. The number of hydrogen-bond acceptors (Lipinski definition) is 10. The van der Waals surface area contributed by atoms with E-state index in [0.717, 1.165) is 179 Å². The number of para-hydroxylation sites is 2. The van der Waals surface area contributed by atoms with Crippen LogP contribution in [0.25, 0.3) is 127 Å². The topological polar surface area (TPSA) is 150 Å². The van der Waals surface area contributed by atoms with Crippen LogP contribution in [0.15, 0.2) is 178 Å². The van der Waals surface area contributed by atoms with E-state index in [-0.39, 0.29) is 112 Å². The zero-order valence-corrected chi connectivity index (χ0v) is 74.6. The van der Waals surface area contributed by atoms with Gasteiger partial charge in [0.1, 0.15) is 0 Å². The van der Waals surface area contributed by atoms with E-state index in [2.05, 4.69) is 141 Å². The van der Waals surface area contributed by atoms with Crippen LogP contribution in [-0.4, -0.2) is 99.2 Å². The van der Waals surface area contributed by atoms with Crippen LogP contribution in [0.4, 0.5) is 11.4 Å². The number of amides is 8. The smallest absolute Gasteiger partial charge is 0.261 e. The van der Waals surface area contributed by atoms with E-state index in [1.807, 2.05) is 120 Å². The van der Waals surface area contributed by atoms with E-state index in [9.17, 15) is 19.2 Å². The molecule has 4 aromatic heterocycles. The monoisotopic (exact) mass is 1750 g/mol. The molecule has 20 rings (SSSR count). The maximum atomic E-state index is 15.4. The molecule has 16 aromatic rings. The van der Waals surface area contributed by atoms with Crippen LogP contribution in [0.3, 0.4) is 0 Å². The quantitative estimate of drug-likeness (QED) is 0.0282. The second kappa shape index (κ2) is 30.7. The van der Waals surface area contributed by atoms with Crippen molar-refractivity contribution in [3.05, 3.63) is 245 Å². The number of imide groups is 4. The Hall–Kier alpha value is -10.8. The number of hydrogen-bond donors (Lipinski definition) is 0. The van der Waals surface area contributed by atoms with Crippen LogP contribution in [0.5, 0.6) is 0 Å². The summed E-state index contributed by atoms with van der Waals surface area (Å²) in [6, 6.07) is 52.8. The normalized spacial score (nSPS) is 14.8. The fraction of sp³-hybridized carbons (Fsp3) is 0.269. The summed E-state index contributed by atoms with van der Waals surface area (Å²) in [6.07, 6.45) is 8.00. The summed E-state index contributed by atoms with van der Waals surface area (Å²) in [7, 11) is 0. The van der Waals surface area contributed by atoms with E-state index < -0.39 is 0 Å². The third-order valence-electron chi connectivity index (χ3n) is 26.1. The van der Waals surface area contributed by atoms with E-state index >= 15 is 19.2 Å². The number of fused-ring (bicyclic) bond motifs is 4. The molecule has 0 aliphatic carbocycles. The number of unbranched alkanes of at least 4 members (excludes halogenated alkanes) is 2. The van der Waals surface area contributed by atoms with Crippen molar-refractivity contribution < 1.29 is 38.4 Å². The Morgan fingerprint density at radius 2 is 0.600 bits per heavy atom. The maximum Gasteiger partial charge on any atom is 0.261 e. The predicted molar refractivity (Wildman–Crippen MR) is 496 cm³/mol. The van der Waals surface area contributed by atoms with Crippen molar-refractivity contribution in [1.29, 1.82) is 0 Å². The molecular formula is C104H92N4O8S2Se2.